The van der Waals surface area contributed by atoms with Gasteiger partial charge in [0.25, 0.3) is 0 Å². The summed E-state index contributed by atoms with van der Waals surface area (Å²) in [6.07, 6.45) is 4.55. The first-order valence-electron chi connectivity index (χ1n) is 7.19. The number of amides is 1. The Morgan fingerprint density at radius 2 is 1.91 bits per heavy atom. The third-order valence-corrected chi connectivity index (χ3v) is 4.45. The third-order valence-electron chi connectivity index (χ3n) is 3.27. The van der Waals surface area contributed by atoms with E-state index < -0.39 is 22.0 Å². The molecule has 1 aromatic carbocycles. The van der Waals surface area contributed by atoms with Crippen molar-refractivity contribution in [2.24, 2.45) is 0 Å². The SMILES string of the molecule is CCC(C(=O)Nc1cccnc1)N(c1ccccc1)S(C)(=O)=O. The highest BCUT2D eigenvalue weighted by molar-refractivity contribution is 7.92. The number of anilines is 2. The van der Waals surface area contributed by atoms with Crippen molar-refractivity contribution in [3.63, 3.8) is 0 Å². The molecule has 0 bridgehead atoms. The molecule has 7 heteroatoms. The van der Waals surface area contributed by atoms with Gasteiger partial charge < -0.3 is 5.32 Å². The molecule has 2 aromatic rings. The third kappa shape index (κ3) is 4.29. The van der Waals surface area contributed by atoms with Crippen LogP contribution in [0.2, 0.25) is 0 Å². The standard InChI is InChI=1S/C16H19N3O3S/c1-3-15(16(20)18-13-8-7-11-17-12-13)19(23(2,21)22)14-9-5-4-6-10-14/h4-12,15H,3H2,1-2H3,(H,18,20). The molecule has 0 saturated carbocycles. The molecular weight excluding hydrogens is 314 g/mol. The van der Waals surface area contributed by atoms with Crippen molar-refractivity contribution in [2.75, 3.05) is 15.9 Å². The zero-order chi connectivity index (χ0) is 16.9. The van der Waals surface area contributed by atoms with Gasteiger partial charge >= 0.3 is 0 Å². The van der Waals surface area contributed by atoms with Crippen LogP contribution in [-0.4, -0.2) is 31.6 Å². The fourth-order valence-electron chi connectivity index (χ4n) is 2.30. The summed E-state index contributed by atoms with van der Waals surface area (Å²) in [5.74, 6) is -0.394. The topological polar surface area (TPSA) is 79.4 Å². The second kappa shape index (κ2) is 7.23. The number of hydrogen-bond donors (Lipinski definition) is 1. The minimum absolute atomic E-state index is 0.341. The normalized spacial score (nSPS) is 12.4. The quantitative estimate of drug-likeness (QED) is 0.879. The highest BCUT2D eigenvalue weighted by atomic mass is 32.2. The number of carbonyl (C=O) groups is 1. The lowest BCUT2D eigenvalue weighted by molar-refractivity contribution is -0.117. The molecule has 23 heavy (non-hydrogen) atoms. The van der Waals surface area contributed by atoms with Crippen LogP contribution in [0.5, 0.6) is 0 Å². The van der Waals surface area contributed by atoms with Crippen molar-refractivity contribution in [1.82, 2.24) is 4.98 Å². The van der Waals surface area contributed by atoms with E-state index in [1.807, 2.05) is 0 Å². The van der Waals surface area contributed by atoms with Gasteiger partial charge in [-0.3, -0.25) is 14.1 Å². The van der Waals surface area contributed by atoms with E-state index in [2.05, 4.69) is 10.3 Å². The summed E-state index contributed by atoms with van der Waals surface area (Å²) in [7, 11) is -3.61. The minimum atomic E-state index is -3.61. The van der Waals surface area contributed by atoms with Gasteiger partial charge in [-0.1, -0.05) is 25.1 Å². The van der Waals surface area contributed by atoms with Crippen molar-refractivity contribution in [2.45, 2.75) is 19.4 Å². The van der Waals surface area contributed by atoms with Crippen LogP contribution in [-0.2, 0) is 14.8 Å². The van der Waals surface area contributed by atoms with E-state index in [1.54, 1.807) is 55.6 Å². The second-order valence-corrected chi connectivity index (χ2v) is 6.91. The first-order valence-corrected chi connectivity index (χ1v) is 9.03. The first-order chi connectivity index (χ1) is 10.9. The van der Waals surface area contributed by atoms with Crippen LogP contribution in [0, 0.1) is 0 Å². The molecule has 6 nitrogen and oxygen atoms in total. The van der Waals surface area contributed by atoms with E-state index in [-0.39, 0.29) is 0 Å². The molecule has 0 spiro atoms. The number of sulfonamides is 1. The molecule has 0 saturated heterocycles. The molecule has 1 heterocycles. The maximum Gasteiger partial charge on any atom is 0.248 e. The van der Waals surface area contributed by atoms with Gasteiger partial charge in [0.1, 0.15) is 6.04 Å². The molecule has 122 valence electrons. The molecule has 1 amide bonds. The van der Waals surface area contributed by atoms with E-state index in [0.29, 0.717) is 17.8 Å². The van der Waals surface area contributed by atoms with Gasteiger partial charge in [-0.05, 0) is 30.7 Å². The molecule has 0 aliphatic heterocycles. The molecular formula is C16H19N3O3S. The first kappa shape index (κ1) is 17.0. The Labute approximate surface area is 136 Å². The summed E-state index contributed by atoms with van der Waals surface area (Å²) in [4.78, 5) is 16.5. The van der Waals surface area contributed by atoms with Crippen LogP contribution in [0.1, 0.15) is 13.3 Å². The molecule has 1 N–H and O–H groups in total. The van der Waals surface area contributed by atoms with Gasteiger partial charge in [0.05, 0.1) is 23.8 Å². The Morgan fingerprint density at radius 3 is 2.43 bits per heavy atom. The Hall–Kier alpha value is -2.41. The van der Waals surface area contributed by atoms with Crippen LogP contribution in [0.3, 0.4) is 0 Å². The van der Waals surface area contributed by atoms with Gasteiger partial charge in [0.15, 0.2) is 0 Å². The van der Waals surface area contributed by atoms with Gasteiger partial charge in [-0.15, -0.1) is 0 Å². The summed E-state index contributed by atoms with van der Waals surface area (Å²) in [6.45, 7) is 1.77. The Morgan fingerprint density at radius 1 is 1.22 bits per heavy atom. The molecule has 1 unspecified atom stereocenters. The van der Waals surface area contributed by atoms with E-state index in [1.165, 1.54) is 6.20 Å². The lowest BCUT2D eigenvalue weighted by atomic mass is 10.2. The lowest BCUT2D eigenvalue weighted by Gasteiger charge is -2.30. The minimum Gasteiger partial charge on any atom is -0.323 e. The van der Waals surface area contributed by atoms with Crippen LogP contribution in [0.25, 0.3) is 0 Å². The maximum absolute atomic E-state index is 12.6. The van der Waals surface area contributed by atoms with Gasteiger partial charge in [-0.25, -0.2) is 8.42 Å². The number of rotatable bonds is 6. The van der Waals surface area contributed by atoms with E-state index in [0.717, 1.165) is 10.6 Å². The average molecular weight is 333 g/mol. The predicted molar refractivity (Wildman–Crippen MR) is 90.7 cm³/mol. The fraction of sp³-hybridized carbons (Fsp3) is 0.250. The van der Waals surface area contributed by atoms with Crippen molar-refractivity contribution in [3.05, 3.63) is 54.9 Å². The number of nitrogens with zero attached hydrogens (tertiary/aromatic N) is 2. The van der Waals surface area contributed by atoms with Crippen LogP contribution < -0.4 is 9.62 Å². The van der Waals surface area contributed by atoms with Crippen molar-refractivity contribution in [1.29, 1.82) is 0 Å². The number of aromatic nitrogens is 1. The molecule has 2 rings (SSSR count). The van der Waals surface area contributed by atoms with Crippen molar-refractivity contribution >= 4 is 27.3 Å². The maximum atomic E-state index is 12.6. The summed E-state index contributed by atoms with van der Waals surface area (Å²) in [5, 5.41) is 2.71. The molecule has 0 aliphatic rings. The Balaban J connectivity index is 2.33. The molecule has 0 fully saturated rings. The Kier molecular flexibility index (Phi) is 5.33. The second-order valence-electron chi connectivity index (χ2n) is 5.05. The number of benzene rings is 1. The Bertz CT molecular complexity index is 749. The summed E-state index contributed by atoms with van der Waals surface area (Å²) >= 11 is 0. The van der Waals surface area contributed by atoms with Crippen LogP contribution in [0.4, 0.5) is 11.4 Å². The molecule has 0 aliphatic carbocycles. The zero-order valence-electron chi connectivity index (χ0n) is 13.0. The lowest BCUT2D eigenvalue weighted by Crippen LogP contribution is -2.46. The number of pyridine rings is 1. The van der Waals surface area contributed by atoms with Gasteiger partial charge in [0, 0.05) is 6.20 Å². The van der Waals surface area contributed by atoms with Gasteiger partial charge in [-0.2, -0.15) is 0 Å². The highest BCUT2D eigenvalue weighted by Crippen LogP contribution is 2.22. The molecule has 1 aromatic heterocycles. The summed E-state index contributed by atoms with van der Waals surface area (Å²) < 4.78 is 25.6. The van der Waals surface area contributed by atoms with Crippen molar-refractivity contribution in [3.8, 4) is 0 Å². The zero-order valence-corrected chi connectivity index (χ0v) is 13.8. The number of carbonyl (C=O) groups excluding carboxylic acids is 1. The summed E-state index contributed by atoms with van der Waals surface area (Å²) in [5.41, 5.74) is 0.987. The number of nitrogens with one attached hydrogen (secondary N) is 1. The van der Waals surface area contributed by atoms with Crippen molar-refractivity contribution < 1.29 is 13.2 Å². The largest absolute Gasteiger partial charge is 0.323 e. The van der Waals surface area contributed by atoms with Crippen LogP contribution in [0.15, 0.2) is 54.9 Å². The van der Waals surface area contributed by atoms with E-state index in [9.17, 15) is 13.2 Å². The monoisotopic (exact) mass is 333 g/mol. The van der Waals surface area contributed by atoms with E-state index in [4.69, 9.17) is 0 Å². The molecule has 1 atom stereocenters. The van der Waals surface area contributed by atoms with E-state index >= 15 is 0 Å². The van der Waals surface area contributed by atoms with Gasteiger partial charge in [0.2, 0.25) is 15.9 Å². The predicted octanol–water partition coefficient (Wildman–Crippen LogP) is 2.26. The average Bonchev–Trinajstić information content (AvgIpc) is 2.53. The number of hydrogen-bond acceptors (Lipinski definition) is 4. The smallest absolute Gasteiger partial charge is 0.248 e. The molecule has 0 radical (unpaired) electrons. The number of para-hydroxylation sites is 1. The fourth-order valence-corrected chi connectivity index (χ4v) is 3.51. The highest BCUT2D eigenvalue weighted by Gasteiger charge is 2.31. The van der Waals surface area contributed by atoms with Crippen LogP contribution >= 0.6 is 0 Å². The summed E-state index contributed by atoms with van der Waals surface area (Å²) in [6, 6.07) is 11.2.